The Kier molecular flexibility index (Phi) is 4.35. The van der Waals surface area contributed by atoms with Crippen LogP contribution in [-0.2, 0) is 0 Å². The molecule has 2 heterocycles. The van der Waals surface area contributed by atoms with Gasteiger partial charge in [0.25, 0.3) is 5.91 Å². The van der Waals surface area contributed by atoms with Crippen LogP contribution < -0.4 is 5.73 Å². The number of amides is 1. The highest BCUT2D eigenvalue weighted by molar-refractivity contribution is 6.31. The molecule has 0 bridgehead atoms. The Morgan fingerprint density at radius 1 is 1.22 bits per heavy atom. The Labute approximate surface area is 141 Å². The molecule has 1 aromatic carbocycles. The minimum Gasteiger partial charge on any atom is -0.451 e. The summed E-state index contributed by atoms with van der Waals surface area (Å²) in [5.74, 6) is 1.92. The number of nitrogen functional groups attached to an aromatic ring is 1. The van der Waals surface area contributed by atoms with E-state index in [1.54, 1.807) is 30.3 Å². The van der Waals surface area contributed by atoms with Gasteiger partial charge in [-0.3, -0.25) is 4.79 Å². The first-order valence-electron chi connectivity index (χ1n) is 7.88. The summed E-state index contributed by atoms with van der Waals surface area (Å²) in [5.41, 5.74) is 7.26. The molecule has 1 fully saturated rings. The molecule has 2 N–H and O–H groups in total. The molecule has 0 unspecified atom stereocenters. The van der Waals surface area contributed by atoms with Crippen LogP contribution in [0.25, 0.3) is 11.3 Å². The number of rotatable bonds is 2. The van der Waals surface area contributed by atoms with Crippen molar-refractivity contribution in [3.05, 3.63) is 41.1 Å². The second-order valence-electron chi connectivity index (χ2n) is 6.55. The van der Waals surface area contributed by atoms with Crippen LogP contribution in [0.4, 0.5) is 5.69 Å². The first-order chi connectivity index (χ1) is 10.9. The van der Waals surface area contributed by atoms with Crippen molar-refractivity contribution in [2.75, 3.05) is 18.8 Å². The summed E-state index contributed by atoms with van der Waals surface area (Å²) in [7, 11) is 0. The number of hydrogen-bond acceptors (Lipinski definition) is 3. The molecule has 2 aromatic rings. The summed E-state index contributed by atoms with van der Waals surface area (Å²) >= 11 is 5.92. The monoisotopic (exact) mass is 332 g/mol. The van der Waals surface area contributed by atoms with Gasteiger partial charge in [0.05, 0.1) is 0 Å². The van der Waals surface area contributed by atoms with E-state index in [4.69, 9.17) is 21.8 Å². The van der Waals surface area contributed by atoms with E-state index >= 15 is 0 Å². The Hall–Kier alpha value is -1.94. The maximum atomic E-state index is 12.7. The second kappa shape index (κ2) is 6.28. The number of nitrogens with two attached hydrogens (primary N) is 1. The summed E-state index contributed by atoms with van der Waals surface area (Å²) in [6.45, 7) is 5.92. The zero-order valence-electron chi connectivity index (χ0n) is 13.4. The molecule has 1 aliphatic rings. The fourth-order valence-corrected chi connectivity index (χ4v) is 3.52. The standard InChI is InChI=1S/C18H21ClN2O2/c1-11-7-12(2)10-21(9-11)18(22)17-6-5-16(23-17)14-4-3-13(19)8-15(14)20/h3-6,8,11-12H,7,9-10,20H2,1-2H3/t11-,12+. The quantitative estimate of drug-likeness (QED) is 0.834. The van der Waals surface area contributed by atoms with Crippen molar-refractivity contribution in [1.82, 2.24) is 4.90 Å². The highest BCUT2D eigenvalue weighted by Crippen LogP contribution is 2.31. The van der Waals surface area contributed by atoms with Gasteiger partial charge < -0.3 is 15.1 Å². The lowest BCUT2D eigenvalue weighted by Crippen LogP contribution is -2.42. The van der Waals surface area contributed by atoms with Crippen LogP contribution in [0, 0.1) is 11.8 Å². The van der Waals surface area contributed by atoms with Crippen LogP contribution in [0.1, 0.15) is 30.8 Å². The fourth-order valence-electron chi connectivity index (χ4n) is 3.34. The van der Waals surface area contributed by atoms with Gasteiger partial charge in [0.15, 0.2) is 5.76 Å². The number of anilines is 1. The van der Waals surface area contributed by atoms with Gasteiger partial charge in [-0.15, -0.1) is 0 Å². The highest BCUT2D eigenvalue weighted by Gasteiger charge is 2.27. The number of hydrogen-bond donors (Lipinski definition) is 1. The number of piperidine rings is 1. The summed E-state index contributed by atoms with van der Waals surface area (Å²) < 4.78 is 5.76. The SMILES string of the molecule is C[C@@H]1C[C@H](C)CN(C(=O)c2ccc(-c3ccc(Cl)cc3N)o2)C1. The van der Waals surface area contributed by atoms with E-state index in [1.165, 1.54) is 0 Å². The van der Waals surface area contributed by atoms with Crippen LogP contribution in [0.5, 0.6) is 0 Å². The molecular weight excluding hydrogens is 312 g/mol. The Bertz CT molecular complexity index is 716. The van der Waals surface area contributed by atoms with Crippen LogP contribution >= 0.6 is 11.6 Å². The number of benzene rings is 1. The molecule has 0 spiro atoms. The van der Waals surface area contributed by atoms with Crippen molar-refractivity contribution < 1.29 is 9.21 Å². The number of halogens is 1. The number of carbonyl (C=O) groups excluding carboxylic acids is 1. The molecule has 1 amide bonds. The number of furan rings is 1. The van der Waals surface area contributed by atoms with Crippen molar-refractivity contribution in [2.45, 2.75) is 20.3 Å². The minimum absolute atomic E-state index is 0.0535. The van der Waals surface area contributed by atoms with Crippen LogP contribution in [0.2, 0.25) is 5.02 Å². The first kappa shape index (κ1) is 15.9. The minimum atomic E-state index is -0.0535. The molecule has 1 saturated heterocycles. The topological polar surface area (TPSA) is 59.5 Å². The van der Waals surface area contributed by atoms with E-state index in [1.807, 2.05) is 4.90 Å². The lowest BCUT2D eigenvalue weighted by Gasteiger charge is -2.34. The summed E-state index contributed by atoms with van der Waals surface area (Å²) in [4.78, 5) is 14.5. The fraction of sp³-hybridized carbons (Fsp3) is 0.389. The van der Waals surface area contributed by atoms with Crippen LogP contribution in [-0.4, -0.2) is 23.9 Å². The van der Waals surface area contributed by atoms with E-state index in [0.29, 0.717) is 34.1 Å². The highest BCUT2D eigenvalue weighted by atomic mass is 35.5. The maximum absolute atomic E-state index is 12.7. The van der Waals surface area contributed by atoms with E-state index in [9.17, 15) is 4.79 Å². The van der Waals surface area contributed by atoms with Gasteiger partial charge in [0, 0.05) is 29.4 Å². The molecule has 0 saturated carbocycles. The molecule has 3 rings (SSSR count). The lowest BCUT2D eigenvalue weighted by atomic mass is 9.92. The molecule has 0 aliphatic carbocycles. The molecule has 0 radical (unpaired) electrons. The number of carbonyl (C=O) groups is 1. The van der Waals surface area contributed by atoms with Gasteiger partial charge in [0.2, 0.25) is 0 Å². The van der Waals surface area contributed by atoms with E-state index in [2.05, 4.69) is 13.8 Å². The number of likely N-dealkylation sites (tertiary alicyclic amines) is 1. The second-order valence-corrected chi connectivity index (χ2v) is 6.99. The molecule has 1 aliphatic heterocycles. The third-order valence-electron chi connectivity index (χ3n) is 4.25. The smallest absolute Gasteiger partial charge is 0.289 e. The van der Waals surface area contributed by atoms with E-state index in [0.717, 1.165) is 25.1 Å². The van der Waals surface area contributed by atoms with Gasteiger partial charge >= 0.3 is 0 Å². The third-order valence-corrected chi connectivity index (χ3v) is 4.49. The molecular formula is C18H21ClN2O2. The lowest BCUT2D eigenvalue weighted by molar-refractivity contribution is 0.0592. The van der Waals surface area contributed by atoms with Crippen molar-refractivity contribution in [1.29, 1.82) is 0 Å². The summed E-state index contributed by atoms with van der Waals surface area (Å²) in [6.07, 6.45) is 1.16. The Balaban J connectivity index is 1.82. The van der Waals surface area contributed by atoms with Crippen LogP contribution in [0.15, 0.2) is 34.7 Å². The summed E-state index contributed by atoms with van der Waals surface area (Å²) in [6, 6.07) is 8.73. The third kappa shape index (κ3) is 3.37. The predicted molar refractivity (Wildman–Crippen MR) is 92.4 cm³/mol. The van der Waals surface area contributed by atoms with Crippen molar-refractivity contribution in [2.24, 2.45) is 11.8 Å². The average molecular weight is 333 g/mol. The molecule has 1 aromatic heterocycles. The predicted octanol–water partition coefficient (Wildman–Crippen LogP) is 4.30. The zero-order valence-corrected chi connectivity index (χ0v) is 14.1. The molecule has 2 atom stereocenters. The largest absolute Gasteiger partial charge is 0.451 e. The van der Waals surface area contributed by atoms with Gasteiger partial charge in [0.1, 0.15) is 5.76 Å². The van der Waals surface area contributed by atoms with Gasteiger partial charge in [-0.1, -0.05) is 25.4 Å². The maximum Gasteiger partial charge on any atom is 0.289 e. The van der Waals surface area contributed by atoms with E-state index < -0.39 is 0 Å². The normalized spacial score (nSPS) is 21.4. The molecule has 5 heteroatoms. The Morgan fingerprint density at radius 2 is 1.91 bits per heavy atom. The van der Waals surface area contributed by atoms with Gasteiger partial charge in [-0.25, -0.2) is 0 Å². The first-order valence-corrected chi connectivity index (χ1v) is 8.26. The Morgan fingerprint density at radius 3 is 2.57 bits per heavy atom. The van der Waals surface area contributed by atoms with Gasteiger partial charge in [-0.05, 0) is 48.6 Å². The van der Waals surface area contributed by atoms with Crippen molar-refractivity contribution >= 4 is 23.2 Å². The van der Waals surface area contributed by atoms with Crippen LogP contribution in [0.3, 0.4) is 0 Å². The molecule has 4 nitrogen and oxygen atoms in total. The van der Waals surface area contributed by atoms with Crippen molar-refractivity contribution in [3.63, 3.8) is 0 Å². The van der Waals surface area contributed by atoms with E-state index in [-0.39, 0.29) is 5.91 Å². The number of nitrogens with zero attached hydrogens (tertiary/aromatic N) is 1. The van der Waals surface area contributed by atoms with Crippen molar-refractivity contribution in [3.8, 4) is 11.3 Å². The summed E-state index contributed by atoms with van der Waals surface area (Å²) in [5, 5.41) is 0.574. The average Bonchev–Trinajstić information content (AvgIpc) is 2.95. The molecule has 23 heavy (non-hydrogen) atoms. The molecule has 122 valence electrons. The van der Waals surface area contributed by atoms with Gasteiger partial charge in [-0.2, -0.15) is 0 Å². The zero-order chi connectivity index (χ0) is 16.6.